The minimum Gasteiger partial charge on any atom is -0.497 e. The van der Waals surface area contributed by atoms with E-state index < -0.39 is 0 Å². The summed E-state index contributed by atoms with van der Waals surface area (Å²) >= 11 is 0. The molecule has 3 amide bonds. The first kappa shape index (κ1) is 22.1. The van der Waals surface area contributed by atoms with Crippen LogP contribution in [0.5, 0.6) is 5.75 Å². The number of nitrogens with zero attached hydrogens (tertiary/aromatic N) is 3. The Labute approximate surface area is 178 Å². The number of hydrogen-bond donors (Lipinski definition) is 1. The van der Waals surface area contributed by atoms with Crippen molar-refractivity contribution in [1.29, 1.82) is 0 Å². The summed E-state index contributed by atoms with van der Waals surface area (Å²) in [7, 11) is 1.59. The Morgan fingerprint density at radius 2 is 1.87 bits per heavy atom. The molecule has 0 spiro atoms. The van der Waals surface area contributed by atoms with Crippen LogP contribution in [0.2, 0.25) is 0 Å². The van der Waals surface area contributed by atoms with Gasteiger partial charge in [-0.1, -0.05) is 6.07 Å². The predicted molar refractivity (Wildman–Crippen MR) is 114 cm³/mol. The van der Waals surface area contributed by atoms with Crippen LogP contribution >= 0.6 is 0 Å². The lowest BCUT2D eigenvalue weighted by Gasteiger charge is -2.36. The third-order valence-electron chi connectivity index (χ3n) is 5.40. The van der Waals surface area contributed by atoms with Crippen molar-refractivity contribution >= 4 is 23.4 Å². The number of rotatable bonds is 5. The molecule has 2 aliphatic heterocycles. The summed E-state index contributed by atoms with van der Waals surface area (Å²) in [4.78, 5) is 43.2. The van der Waals surface area contributed by atoms with E-state index in [4.69, 9.17) is 4.74 Å². The van der Waals surface area contributed by atoms with Crippen molar-refractivity contribution in [3.63, 3.8) is 0 Å². The Kier molecular flexibility index (Phi) is 6.65. The standard InChI is InChI=1S/C22H32N4O4/c1-22(2,3)23-19(27)15-24-8-10-25(11-9-24)21(29)16-12-20(28)26(14-16)17-6-5-7-18(13-17)30-4/h5-7,13,16H,8-12,14-15H2,1-4H3,(H,23,27). The predicted octanol–water partition coefficient (Wildman–Crippen LogP) is 1.11. The van der Waals surface area contributed by atoms with Crippen LogP contribution in [0.4, 0.5) is 5.69 Å². The molecular weight excluding hydrogens is 384 g/mol. The smallest absolute Gasteiger partial charge is 0.234 e. The van der Waals surface area contributed by atoms with E-state index in [1.807, 2.05) is 49.9 Å². The third-order valence-corrected chi connectivity index (χ3v) is 5.40. The van der Waals surface area contributed by atoms with E-state index in [0.29, 0.717) is 45.0 Å². The molecule has 0 saturated carbocycles. The fourth-order valence-electron chi connectivity index (χ4n) is 3.95. The topological polar surface area (TPSA) is 82.2 Å². The first-order valence-corrected chi connectivity index (χ1v) is 10.4. The number of benzene rings is 1. The van der Waals surface area contributed by atoms with Crippen molar-refractivity contribution in [1.82, 2.24) is 15.1 Å². The van der Waals surface area contributed by atoms with Gasteiger partial charge >= 0.3 is 0 Å². The Balaban J connectivity index is 1.52. The molecular formula is C22H32N4O4. The van der Waals surface area contributed by atoms with Crippen LogP contribution in [0.3, 0.4) is 0 Å². The van der Waals surface area contributed by atoms with Gasteiger partial charge in [-0.15, -0.1) is 0 Å². The second-order valence-corrected chi connectivity index (χ2v) is 9.01. The number of anilines is 1. The number of ether oxygens (including phenoxy) is 1. The molecule has 8 heteroatoms. The SMILES string of the molecule is COc1cccc(N2CC(C(=O)N3CCN(CC(=O)NC(C)(C)C)CC3)CC2=O)c1. The van der Waals surface area contributed by atoms with Crippen LogP contribution in [0, 0.1) is 5.92 Å². The van der Waals surface area contributed by atoms with Crippen LogP contribution in [0.1, 0.15) is 27.2 Å². The van der Waals surface area contributed by atoms with Gasteiger partial charge in [0.05, 0.1) is 19.6 Å². The summed E-state index contributed by atoms with van der Waals surface area (Å²) in [6.45, 7) is 9.06. The summed E-state index contributed by atoms with van der Waals surface area (Å²) in [5.74, 6) is 0.324. The summed E-state index contributed by atoms with van der Waals surface area (Å²) in [6.07, 6.45) is 0.226. The highest BCUT2D eigenvalue weighted by molar-refractivity contribution is 6.00. The lowest BCUT2D eigenvalue weighted by Crippen LogP contribution is -2.53. The van der Waals surface area contributed by atoms with Crippen molar-refractivity contribution in [3.8, 4) is 5.75 Å². The zero-order chi connectivity index (χ0) is 21.9. The second-order valence-electron chi connectivity index (χ2n) is 9.01. The molecule has 2 heterocycles. The number of hydrogen-bond acceptors (Lipinski definition) is 5. The quantitative estimate of drug-likeness (QED) is 0.778. The average molecular weight is 417 g/mol. The van der Waals surface area contributed by atoms with Gasteiger partial charge in [0.2, 0.25) is 17.7 Å². The molecule has 3 rings (SSSR count). The molecule has 0 bridgehead atoms. The highest BCUT2D eigenvalue weighted by atomic mass is 16.5. The number of methoxy groups -OCH3 is 1. The van der Waals surface area contributed by atoms with Gasteiger partial charge in [-0.05, 0) is 32.9 Å². The maximum Gasteiger partial charge on any atom is 0.234 e. The van der Waals surface area contributed by atoms with Gasteiger partial charge < -0.3 is 19.9 Å². The Hall–Kier alpha value is -2.61. The Morgan fingerprint density at radius 3 is 2.50 bits per heavy atom. The molecule has 164 valence electrons. The van der Waals surface area contributed by atoms with Crippen LogP contribution in [-0.2, 0) is 14.4 Å². The van der Waals surface area contributed by atoms with Crippen LogP contribution in [0.15, 0.2) is 24.3 Å². The lowest BCUT2D eigenvalue weighted by molar-refractivity contribution is -0.137. The van der Waals surface area contributed by atoms with E-state index in [1.54, 1.807) is 12.0 Å². The van der Waals surface area contributed by atoms with E-state index in [9.17, 15) is 14.4 Å². The van der Waals surface area contributed by atoms with Crippen molar-refractivity contribution in [2.45, 2.75) is 32.7 Å². The van der Waals surface area contributed by atoms with Crippen LogP contribution < -0.4 is 15.0 Å². The highest BCUT2D eigenvalue weighted by Gasteiger charge is 2.38. The Bertz CT molecular complexity index is 797. The minimum atomic E-state index is -0.334. The van der Waals surface area contributed by atoms with Crippen molar-refractivity contribution in [3.05, 3.63) is 24.3 Å². The summed E-state index contributed by atoms with van der Waals surface area (Å²) in [5.41, 5.74) is 0.503. The van der Waals surface area contributed by atoms with Crippen molar-refractivity contribution in [2.75, 3.05) is 51.3 Å². The average Bonchev–Trinajstić information content (AvgIpc) is 3.08. The van der Waals surface area contributed by atoms with Crippen molar-refractivity contribution in [2.24, 2.45) is 5.92 Å². The molecule has 2 saturated heterocycles. The summed E-state index contributed by atoms with van der Waals surface area (Å²) < 4.78 is 5.24. The first-order chi connectivity index (χ1) is 14.2. The summed E-state index contributed by atoms with van der Waals surface area (Å²) in [6, 6.07) is 7.33. The van der Waals surface area contributed by atoms with Crippen LogP contribution in [-0.4, -0.2) is 79.4 Å². The van der Waals surface area contributed by atoms with E-state index in [1.165, 1.54) is 0 Å². The zero-order valence-corrected chi connectivity index (χ0v) is 18.3. The Morgan fingerprint density at radius 1 is 1.17 bits per heavy atom. The molecule has 1 N–H and O–H groups in total. The summed E-state index contributed by atoms with van der Waals surface area (Å²) in [5, 5.41) is 2.97. The van der Waals surface area contributed by atoms with Gasteiger partial charge in [-0.2, -0.15) is 0 Å². The van der Waals surface area contributed by atoms with Crippen LogP contribution in [0.25, 0.3) is 0 Å². The molecule has 0 aromatic heterocycles. The van der Waals surface area contributed by atoms with Gasteiger partial charge in [0.25, 0.3) is 0 Å². The van der Waals surface area contributed by atoms with Gasteiger partial charge in [-0.3, -0.25) is 19.3 Å². The number of piperazine rings is 1. The molecule has 8 nitrogen and oxygen atoms in total. The van der Waals surface area contributed by atoms with Gasteiger partial charge in [0.1, 0.15) is 5.75 Å². The normalized spacial score (nSPS) is 20.4. The molecule has 1 unspecified atom stereocenters. The maximum atomic E-state index is 13.0. The number of nitrogens with one attached hydrogen (secondary N) is 1. The van der Waals surface area contributed by atoms with Crippen molar-refractivity contribution < 1.29 is 19.1 Å². The molecule has 1 atom stereocenters. The molecule has 1 aromatic carbocycles. The lowest BCUT2D eigenvalue weighted by atomic mass is 10.1. The van der Waals surface area contributed by atoms with Gasteiger partial charge in [0, 0.05) is 56.4 Å². The van der Waals surface area contributed by atoms with Gasteiger partial charge in [-0.25, -0.2) is 0 Å². The fraction of sp³-hybridized carbons (Fsp3) is 0.591. The molecule has 2 fully saturated rings. The van der Waals surface area contributed by atoms with E-state index in [0.717, 1.165) is 5.69 Å². The molecule has 0 radical (unpaired) electrons. The van der Waals surface area contributed by atoms with Gasteiger partial charge in [0.15, 0.2) is 0 Å². The molecule has 0 aliphatic carbocycles. The zero-order valence-electron chi connectivity index (χ0n) is 18.3. The minimum absolute atomic E-state index is 0.00222. The molecule has 1 aromatic rings. The molecule has 2 aliphatic rings. The number of carbonyl (C=O) groups excluding carboxylic acids is 3. The third kappa shape index (κ3) is 5.50. The fourth-order valence-corrected chi connectivity index (χ4v) is 3.95. The van der Waals surface area contributed by atoms with E-state index in [-0.39, 0.29) is 35.6 Å². The van der Waals surface area contributed by atoms with E-state index in [2.05, 4.69) is 10.2 Å². The van der Waals surface area contributed by atoms with E-state index >= 15 is 0 Å². The second kappa shape index (κ2) is 9.04. The number of carbonyl (C=O) groups is 3. The number of amides is 3. The molecule has 30 heavy (non-hydrogen) atoms. The maximum absolute atomic E-state index is 13.0. The first-order valence-electron chi connectivity index (χ1n) is 10.4. The highest BCUT2D eigenvalue weighted by Crippen LogP contribution is 2.29. The largest absolute Gasteiger partial charge is 0.497 e. The monoisotopic (exact) mass is 416 g/mol.